The summed E-state index contributed by atoms with van der Waals surface area (Å²) < 4.78 is 6.55. The fourth-order valence-corrected chi connectivity index (χ4v) is 3.12. The summed E-state index contributed by atoms with van der Waals surface area (Å²) in [7, 11) is 0. The maximum absolute atomic E-state index is 11.7. The number of thiophene rings is 1. The van der Waals surface area contributed by atoms with E-state index in [1.54, 1.807) is 11.3 Å². The highest BCUT2D eigenvalue weighted by Gasteiger charge is 2.17. The van der Waals surface area contributed by atoms with E-state index in [2.05, 4.69) is 40.3 Å². The van der Waals surface area contributed by atoms with Crippen molar-refractivity contribution in [2.45, 2.75) is 45.9 Å². The zero-order valence-electron chi connectivity index (χ0n) is 13.6. The first-order chi connectivity index (χ1) is 10.3. The molecule has 22 heavy (non-hydrogen) atoms. The summed E-state index contributed by atoms with van der Waals surface area (Å²) in [5.74, 6) is 0. The Morgan fingerprint density at radius 1 is 1.32 bits per heavy atom. The van der Waals surface area contributed by atoms with E-state index in [1.807, 2.05) is 27.7 Å². The molecule has 2 aromatic rings. The fraction of sp³-hybridized carbons (Fsp3) is 0.471. The number of amides is 1. The van der Waals surface area contributed by atoms with E-state index in [9.17, 15) is 4.79 Å². The molecule has 2 rings (SSSR count). The van der Waals surface area contributed by atoms with Crippen LogP contribution in [0.1, 0.15) is 33.3 Å². The van der Waals surface area contributed by atoms with Gasteiger partial charge in [-0.25, -0.2) is 4.79 Å². The molecule has 120 valence electrons. The summed E-state index contributed by atoms with van der Waals surface area (Å²) in [6.07, 6.45) is -0.372. The van der Waals surface area contributed by atoms with Crippen molar-refractivity contribution < 1.29 is 9.53 Å². The molecule has 0 saturated heterocycles. The number of fused-ring (bicyclic) bond motifs is 1. The van der Waals surface area contributed by atoms with E-state index in [0.717, 1.165) is 6.54 Å². The van der Waals surface area contributed by atoms with Crippen molar-refractivity contribution in [3.05, 3.63) is 35.2 Å². The van der Waals surface area contributed by atoms with Crippen LogP contribution in [0.4, 0.5) is 4.79 Å². The Morgan fingerprint density at radius 2 is 2.05 bits per heavy atom. The van der Waals surface area contributed by atoms with Gasteiger partial charge in [0.15, 0.2) is 0 Å². The maximum atomic E-state index is 11.7. The Bertz CT molecular complexity index is 631. The number of ether oxygens (including phenoxy) is 1. The zero-order chi connectivity index (χ0) is 16.2. The van der Waals surface area contributed by atoms with Crippen LogP contribution in [0, 0.1) is 0 Å². The van der Waals surface area contributed by atoms with Gasteiger partial charge < -0.3 is 15.4 Å². The Morgan fingerprint density at radius 3 is 2.77 bits per heavy atom. The van der Waals surface area contributed by atoms with Crippen molar-refractivity contribution in [3.8, 4) is 0 Å². The molecule has 1 aromatic carbocycles. The fourth-order valence-electron chi connectivity index (χ4n) is 2.15. The van der Waals surface area contributed by atoms with E-state index < -0.39 is 5.60 Å². The van der Waals surface area contributed by atoms with E-state index in [4.69, 9.17) is 4.74 Å². The second kappa shape index (κ2) is 7.11. The highest BCUT2D eigenvalue weighted by molar-refractivity contribution is 7.17. The van der Waals surface area contributed by atoms with Crippen molar-refractivity contribution in [1.82, 2.24) is 10.6 Å². The summed E-state index contributed by atoms with van der Waals surface area (Å²) in [6, 6.07) is 8.41. The van der Waals surface area contributed by atoms with Crippen molar-refractivity contribution in [2.24, 2.45) is 0 Å². The minimum Gasteiger partial charge on any atom is -0.444 e. The third-order valence-electron chi connectivity index (χ3n) is 3.09. The molecule has 1 unspecified atom stereocenters. The van der Waals surface area contributed by atoms with Gasteiger partial charge >= 0.3 is 6.09 Å². The summed E-state index contributed by atoms with van der Waals surface area (Å²) in [5.41, 5.74) is 0.831. The van der Waals surface area contributed by atoms with E-state index in [0.29, 0.717) is 6.54 Å². The van der Waals surface area contributed by atoms with Gasteiger partial charge in [0, 0.05) is 23.8 Å². The van der Waals surface area contributed by atoms with Crippen molar-refractivity contribution >= 4 is 27.5 Å². The monoisotopic (exact) mass is 320 g/mol. The van der Waals surface area contributed by atoms with Gasteiger partial charge in [0.1, 0.15) is 5.60 Å². The first-order valence-electron chi connectivity index (χ1n) is 7.50. The van der Waals surface area contributed by atoms with Gasteiger partial charge in [0.05, 0.1) is 0 Å². The zero-order valence-corrected chi connectivity index (χ0v) is 14.4. The minimum atomic E-state index is -0.465. The summed E-state index contributed by atoms with van der Waals surface area (Å²) in [4.78, 5) is 11.7. The molecule has 4 nitrogen and oxygen atoms in total. The summed E-state index contributed by atoms with van der Waals surface area (Å²) >= 11 is 1.76. The molecular weight excluding hydrogens is 296 g/mol. The first-order valence-corrected chi connectivity index (χ1v) is 8.38. The SMILES string of the molecule is CC(CNCc1csc2ccccc12)NC(=O)OC(C)(C)C. The first kappa shape index (κ1) is 16.8. The van der Waals surface area contributed by atoms with Gasteiger partial charge in [-0.3, -0.25) is 0 Å². The maximum Gasteiger partial charge on any atom is 0.407 e. The van der Waals surface area contributed by atoms with E-state index in [1.165, 1.54) is 15.6 Å². The summed E-state index contributed by atoms with van der Waals surface area (Å²) in [6.45, 7) is 9.03. The average Bonchev–Trinajstić information content (AvgIpc) is 2.80. The Labute approximate surface area is 135 Å². The number of nitrogens with one attached hydrogen (secondary N) is 2. The Balaban J connectivity index is 1.77. The molecule has 0 aliphatic heterocycles. The van der Waals surface area contributed by atoms with Crippen LogP contribution in [0.25, 0.3) is 10.1 Å². The number of hydrogen-bond acceptors (Lipinski definition) is 4. The van der Waals surface area contributed by atoms with Gasteiger partial charge in [-0.1, -0.05) is 18.2 Å². The molecule has 1 amide bonds. The van der Waals surface area contributed by atoms with Crippen LogP contribution in [0.3, 0.4) is 0 Å². The van der Waals surface area contributed by atoms with E-state index in [-0.39, 0.29) is 12.1 Å². The molecule has 0 saturated carbocycles. The Kier molecular flexibility index (Phi) is 5.42. The average molecular weight is 320 g/mol. The molecule has 0 aliphatic rings. The van der Waals surface area contributed by atoms with E-state index >= 15 is 0 Å². The number of carbonyl (C=O) groups is 1. The van der Waals surface area contributed by atoms with Crippen molar-refractivity contribution in [1.29, 1.82) is 0 Å². The lowest BCUT2D eigenvalue weighted by molar-refractivity contribution is 0.0508. The van der Waals surface area contributed by atoms with Crippen LogP contribution in [0.2, 0.25) is 0 Å². The number of rotatable bonds is 5. The highest BCUT2D eigenvalue weighted by atomic mass is 32.1. The van der Waals surface area contributed by atoms with Crippen LogP contribution in [-0.4, -0.2) is 24.3 Å². The topological polar surface area (TPSA) is 50.4 Å². The molecule has 0 aliphatic carbocycles. The lowest BCUT2D eigenvalue weighted by atomic mass is 10.2. The molecule has 0 spiro atoms. The number of carbonyl (C=O) groups excluding carboxylic acids is 1. The van der Waals surface area contributed by atoms with Gasteiger partial charge in [0.2, 0.25) is 0 Å². The lowest BCUT2D eigenvalue weighted by Crippen LogP contribution is -2.42. The molecular formula is C17H24N2O2S. The normalized spacial score (nSPS) is 13.1. The van der Waals surface area contributed by atoms with Crippen LogP contribution >= 0.6 is 11.3 Å². The second-order valence-electron chi connectivity index (χ2n) is 6.44. The van der Waals surface area contributed by atoms with Crippen molar-refractivity contribution in [2.75, 3.05) is 6.54 Å². The van der Waals surface area contributed by atoms with Crippen LogP contribution in [-0.2, 0) is 11.3 Å². The Hall–Kier alpha value is -1.59. The predicted molar refractivity (Wildman–Crippen MR) is 92.4 cm³/mol. The third-order valence-corrected chi connectivity index (χ3v) is 4.10. The van der Waals surface area contributed by atoms with Gasteiger partial charge in [-0.05, 0) is 50.1 Å². The standard InChI is InChI=1S/C17H24N2O2S/c1-12(19-16(20)21-17(2,3)4)9-18-10-13-11-22-15-8-6-5-7-14(13)15/h5-8,11-12,18H,9-10H2,1-4H3,(H,19,20). The summed E-state index contributed by atoms with van der Waals surface area (Å²) in [5, 5.41) is 9.70. The number of benzene rings is 1. The van der Waals surface area contributed by atoms with Gasteiger partial charge in [-0.15, -0.1) is 11.3 Å². The number of hydrogen-bond donors (Lipinski definition) is 2. The molecule has 5 heteroatoms. The smallest absolute Gasteiger partial charge is 0.407 e. The largest absolute Gasteiger partial charge is 0.444 e. The highest BCUT2D eigenvalue weighted by Crippen LogP contribution is 2.25. The molecule has 0 fully saturated rings. The molecule has 1 heterocycles. The second-order valence-corrected chi connectivity index (χ2v) is 7.35. The molecule has 2 N–H and O–H groups in total. The quantitative estimate of drug-likeness (QED) is 0.878. The molecule has 1 atom stereocenters. The molecule has 1 aromatic heterocycles. The number of alkyl carbamates (subject to hydrolysis) is 1. The minimum absolute atomic E-state index is 0.0137. The third kappa shape index (κ3) is 5.00. The van der Waals surface area contributed by atoms with Crippen molar-refractivity contribution in [3.63, 3.8) is 0 Å². The van der Waals surface area contributed by atoms with Crippen LogP contribution in [0.5, 0.6) is 0 Å². The van der Waals surface area contributed by atoms with Crippen LogP contribution < -0.4 is 10.6 Å². The van der Waals surface area contributed by atoms with Gasteiger partial charge in [0.25, 0.3) is 0 Å². The lowest BCUT2D eigenvalue weighted by Gasteiger charge is -2.22. The molecule has 0 radical (unpaired) electrons. The molecule has 0 bridgehead atoms. The predicted octanol–water partition coefficient (Wildman–Crippen LogP) is 3.90. The van der Waals surface area contributed by atoms with Gasteiger partial charge in [-0.2, -0.15) is 0 Å². The van der Waals surface area contributed by atoms with Crippen LogP contribution in [0.15, 0.2) is 29.6 Å².